The third-order valence-corrected chi connectivity index (χ3v) is 7.40. The highest BCUT2D eigenvalue weighted by Crippen LogP contribution is 2.46. The van der Waals surface area contributed by atoms with Crippen molar-refractivity contribution in [2.75, 3.05) is 19.5 Å². The number of halogens is 2. The minimum atomic E-state index is -0.681. The second-order valence-electron chi connectivity index (χ2n) is 9.40. The Morgan fingerprint density at radius 3 is 2.30 bits per heavy atom. The van der Waals surface area contributed by atoms with Crippen molar-refractivity contribution >= 4 is 28.8 Å². The molecule has 0 bridgehead atoms. The third-order valence-electron chi connectivity index (χ3n) is 7.06. The average molecular weight is 558 g/mol. The van der Waals surface area contributed by atoms with Gasteiger partial charge in [0.15, 0.2) is 5.65 Å². The molecule has 6 rings (SSSR count). The van der Waals surface area contributed by atoms with Crippen molar-refractivity contribution < 1.29 is 18.7 Å². The highest BCUT2D eigenvalue weighted by atomic mass is 35.5. The van der Waals surface area contributed by atoms with Crippen molar-refractivity contribution in [1.29, 1.82) is 0 Å². The first-order valence-corrected chi connectivity index (χ1v) is 13.0. The second kappa shape index (κ2) is 10.5. The van der Waals surface area contributed by atoms with Crippen LogP contribution >= 0.6 is 11.6 Å². The SMILES string of the molecule is COc1ccc(CNc2cc3ncnn3c3c2C(c2cc(F)ccc2Cl)N(Cc2ccc(OC)cc2)C3=O)cc1. The highest BCUT2D eigenvalue weighted by Gasteiger charge is 2.43. The third kappa shape index (κ3) is 4.58. The van der Waals surface area contributed by atoms with E-state index in [1.807, 2.05) is 54.6 Å². The molecule has 2 aromatic heterocycles. The smallest absolute Gasteiger partial charge is 0.274 e. The largest absolute Gasteiger partial charge is 0.497 e. The topological polar surface area (TPSA) is 81.0 Å². The van der Waals surface area contributed by atoms with E-state index in [4.69, 9.17) is 21.1 Å². The van der Waals surface area contributed by atoms with Crippen LogP contribution in [0.4, 0.5) is 10.1 Å². The molecular weight excluding hydrogens is 533 g/mol. The summed E-state index contributed by atoms with van der Waals surface area (Å²) in [6, 6.07) is 20.5. The van der Waals surface area contributed by atoms with Crippen LogP contribution in [0.25, 0.3) is 5.65 Å². The molecule has 40 heavy (non-hydrogen) atoms. The van der Waals surface area contributed by atoms with Gasteiger partial charge < -0.3 is 19.7 Å². The van der Waals surface area contributed by atoms with E-state index < -0.39 is 11.9 Å². The molecule has 0 aliphatic carbocycles. The molecular formula is C30H25ClFN5O3. The number of anilines is 1. The quantitative estimate of drug-likeness (QED) is 0.256. The van der Waals surface area contributed by atoms with Gasteiger partial charge in [0.25, 0.3) is 5.91 Å². The predicted molar refractivity (Wildman–Crippen MR) is 149 cm³/mol. The predicted octanol–water partition coefficient (Wildman–Crippen LogP) is 5.90. The summed E-state index contributed by atoms with van der Waals surface area (Å²) in [5.74, 6) is 0.757. The van der Waals surface area contributed by atoms with Gasteiger partial charge in [-0.3, -0.25) is 4.79 Å². The number of rotatable bonds is 8. The van der Waals surface area contributed by atoms with E-state index in [1.54, 1.807) is 19.1 Å². The molecule has 3 aromatic carbocycles. The number of benzene rings is 3. The summed E-state index contributed by atoms with van der Waals surface area (Å²) in [7, 11) is 3.22. The van der Waals surface area contributed by atoms with Crippen LogP contribution in [0.3, 0.4) is 0 Å². The number of pyridine rings is 1. The van der Waals surface area contributed by atoms with Gasteiger partial charge in [-0.25, -0.2) is 13.9 Å². The number of hydrogen-bond donors (Lipinski definition) is 1. The molecule has 0 saturated heterocycles. The van der Waals surface area contributed by atoms with Crippen molar-refractivity contribution in [3.8, 4) is 11.5 Å². The minimum Gasteiger partial charge on any atom is -0.497 e. The molecule has 1 amide bonds. The van der Waals surface area contributed by atoms with Crippen LogP contribution in [-0.2, 0) is 13.1 Å². The molecule has 0 saturated carbocycles. The molecule has 202 valence electrons. The summed E-state index contributed by atoms with van der Waals surface area (Å²) < 4.78 is 26.7. The Morgan fingerprint density at radius 1 is 0.950 bits per heavy atom. The van der Waals surface area contributed by atoms with E-state index in [0.717, 1.165) is 16.9 Å². The first kappa shape index (κ1) is 25.6. The first-order valence-electron chi connectivity index (χ1n) is 12.6. The zero-order chi connectivity index (χ0) is 27.8. The van der Waals surface area contributed by atoms with Crippen molar-refractivity contribution in [2.45, 2.75) is 19.1 Å². The molecule has 1 atom stereocenters. The van der Waals surface area contributed by atoms with Gasteiger partial charge in [0.1, 0.15) is 29.3 Å². The zero-order valence-electron chi connectivity index (χ0n) is 21.8. The Hall–Kier alpha value is -4.63. The fourth-order valence-electron chi connectivity index (χ4n) is 5.09. The summed E-state index contributed by atoms with van der Waals surface area (Å²) in [5, 5.41) is 8.18. The molecule has 5 aromatic rings. The number of nitrogens with one attached hydrogen (secondary N) is 1. The molecule has 1 unspecified atom stereocenters. The van der Waals surface area contributed by atoms with Crippen molar-refractivity contribution in [2.24, 2.45) is 0 Å². The lowest BCUT2D eigenvalue weighted by Gasteiger charge is -2.27. The van der Waals surface area contributed by atoms with Gasteiger partial charge in [-0.05, 0) is 53.6 Å². The molecule has 10 heteroatoms. The highest BCUT2D eigenvalue weighted by molar-refractivity contribution is 6.31. The molecule has 1 aliphatic rings. The maximum atomic E-state index is 14.6. The monoisotopic (exact) mass is 557 g/mol. The van der Waals surface area contributed by atoms with Gasteiger partial charge in [0, 0.05) is 41.0 Å². The van der Waals surface area contributed by atoms with E-state index in [0.29, 0.717) is 45.5 Å². The number of carbonyl (C=O) groups is 1. The van der Waals surface area contributed by atoms with Crippen LogP contribution in [0.2, 0.25) is 5.02 Å². The van der Waals surface area contributed by atoms with E-state index in [1.165, 1.54) is 29.0 Å². The number of aromatic nitrogens is 3. The molecule has 1 N–H and O–H groups in total. The fraction of sp³-hybridized carbons (Fsp3) is 0.167. The lowest BCUT2D eigenvalue weighted by molar-refractivity contribution is 0.0730. The number of amides is 1. The number of hydrogen-bond acceptors (Lipinski definition) is 6. The normalized spacial score (nSPS) is 14.4. The summed E-state index contributed by atoms with van der Waals surface area (Å²) in [4.78, 5) is 20.2. The summed E-state index contributed by atoms with van der Waals surface area (Å²) in [6.07, 6.45) is 1.41. The minimum absolute atomic E-state index is 0.253. The molecule has 1 aliphatic heterocycles. The van der Waals surface area contributed by atoms with Gasteiger partial charge in [-0.1, -0.05) is 35.9 Å². The number of carbonyl (C=O) groups excluding carboxylic acids is 1. The molecule has 3 heterocycles. The number of methoxy groups -OCH3 is 2. The average Bonchev–Trinajstić information content (AvgIpc) is 3.56. The molecule has 0 fully saturated rings. The van der Waals surface area contributed by atoms with Gasteiger partial charge in [0.2, 0.25) is 0 Å². The Bertz CT molecular complexity index is 1710. The van der Waals surface area contributed by atoms with Crippen LogP contribution in [0.15, 0.2) is 79.1 Å². The standard InChI is InChI=1S/C30H25ClFN5O3/c1-39-21-8-3-18(4-9-21)15-33-25-14-26-34-17-35-37(26)29-27(25)28(23-13-20(32)7-12-24(23)31)36(30(29)38)16-19-5-10-22(40-2)11-6-19/h3-14,17,28,33H,15-16H2,1-2H3. The maximum Gasteiger partial charge on any atom is 0.274 e. The molecule has 8 nitrogen and oxygen atoms in total. The van der Waals surface area contributed by atoms with E-state index in [-0.39, 0.29) is 12.5 Å². The Labute approximate surface area is 234 Å². The Kier molecular flexibility index (Phi) is 6.73. The van der Waals surface area contributed by atoms with Crippen LogP contribution < -0.4 is 14.8 Å². The number of nitrogens with zero attached hydrogens (tertiary/aromatic N) is 4. The Morgan fingerprint density at radius 2 is 1.62 bits per heavy atom. The van der Waals surface area contributed by atoms with Crippen LogP contribution in [0.5, 0.6) is 11.5 Å². The van der Waals surface area contributed by atoms with Crippen molar-refractivity contribution in [3.63, 3.8) is 0 Å². The molecule has 0 radical (unpaired) electrons. The fourth-order valence-corrected chi connectivity index (χ4v) is 5.31. The first-order chi connectivity index (χ1) is 19.5. The summed E-state index contributed by atoms with van der Waals surface area (Å²) in [5.41, 5.74) is 4.57. The number of fused-ring (bicyclic) bond motifs is 3. The van der Waals surface area contributed by atoms with Gasteiger partial charge in [-0.15, -0.1) is 0 Å². The second-order valence-corrected chi connectivity index (χ2v) is 9.81. The van der Waals surface area contributed by atoms with Crippen molar-refractivity contribution in [1.82, 2.24) is 19.5 Å². The van der Waals surface area contributed by atoms with Crippen LogP contribution in [0.1, 0.15) is 38.8 Å². The number of ether oxygens (including phenoxy) is 2. The van der Waals surface area contributed by atoms with Crippen molar-refractivity contribution in [3.05, 3.63) is 118 Å². The van der Waals surface area contributed by atoms with E-state index in [9.17, 15) is 9.18 Å². The van der Waals surface area contributed by atoms with Gasteiger partial charge >= 0.3 is 0 Å². The van der Waals surface area contributed by atoms with Crippen LogP contribution in [0, 0.1) is 5.82 Å². The van der Waals surface area contributed by atoms with Crippen LogP contribution in [-0.4, -0.2) is 39.6 Å². The van der Waals surface area contributed by atoms with Gasteiger partial charge in [0.05, 0.1) is 20.3 Å². The maximum absolute atomic E-state index is 14.6. The lowest BCUT2D eigenvalue weighted by atomic mass is 9.97. The van der Waals surface area contributed by atoms with E-state index >= 15 is 0 Å². The summed E-state index contributed by atoms with van der Waals surface area (Å²) in [6.45, 7) is 0.722. The van der Waals surface area contributed by atoms with Gasteiger partial charge in [-0.2, -0.15) is 5.10 Å². The zero-order valence-corrected chi connectivity index (χ0v) is 22.5. The van der Waals surface area contributed by atoms with E-state index in [2.05, 4.69) is 15.4 Å². The lowest BCUT2D eigenvalue weighted by Crippen LogP contribution is -2.29. The molecule has 0 spiro atoms. The summed E-state index contributed by atoms with van der Waals surface area (Å²) >= 11 is 6.66. The Balaban J connectivity index is 1.48.